The van der Waals surface area contributed by atoms with Crippen LogP contribution >= 0.6 is 0 Å². The number of hydrogen-bond donors (Lipinski definition) is 2. The van der Waals surface area contributed by atoms with E-state index in [9.17, 15) is 9.59 Å². The van der Waals surface area contributed by atoms with E-state index in [2.05, 4.69) is 12.2 Å². The van der Waals surface area contributed by atoms with Gasteiger partial charge in [0.1, 0.15) is 12.6 Å². The fraction of sp³-hybridized carbons (Fsp3) is 0.846. The van der Waals surface area contributed by atoms with E-state index in [0.717, 1.165) is 25.7 Å². The molecule has 0 spiro atoms. The molecule has 0 bridgehead atoms. The lowest BCUT2D eigenvalue weighted by atomic mass is 10.1. The molecule has 0 aromatic carbocycles. The molecule has 6 heteroatoms. The minimum Gasteiger partial charge on any atom is -0.480 e. The molecule has 19 heavy (non-hydrogen) atoms. The molecular weight excluding hydrogens is 250 g/mol. The van der Waals surface area contributed by atoms with Crippen molar-refractivity contribution < 1.29 is 24.2 Å². The van der Waals surface area contributed by atoms with Crippen LogP contribution in [0.1, 0.15) is 39.0 Å². The van der Waals surface area contributed by atoms with Gasteiger partial charge in [-0.1, -0.05) is 32.6 Å². The van der Waals surface area contributed by atoms with Crippen molar-refractivity contribution in [3.8, 4) is 0 Å². The molecule has 0 radical (unpaired) electrons. The number of amides is 1. The molecule has 0 rings (SSSR count). The van der Waals surface area contributed by atoms with Gasteiger partial charge in [-0.15, -0.1) is 0 Å². The maximum Gasteiger partial charge on any atom is 0.326 e. The largest absolute Gasteiger partial charge is 0.480 e. The number of hydrogen-bond acceptors (Lipinski definition) is 4. The second-order valence-corrected chi connectivity index (χ2v) is 4.35. The predicted molar refractivity (Wildman–Crippen MR) is 71.0 cm³/mol. The average molecular weight is 275 g/mol. The number of ether oxygens (including phenoxy) is 2. The highest BCUT2D eigenvalue weighted by atomic mass is 16.5. The van der Waals surface area contributed by atoms with Crippen LogP contribution in [0.15, 0.2) is 0 Å². The first-order valence-corrected chi connectivity index (χ1v) is 6.70. The third-order valence-corrected chi connectivity index (χ3v) is 2.64. The van der Waals surface area contributed by atoms with Gasteiger partial charge in [0.25, 0.3) is 0 Å². The molecule has 0 unspecified atom stereocenters. The summed E-state index contributed by atoms with van der Waals surface area (Å²) >= 11 is 0. The number of aliphatic carboxylic acids is 1. The molecule has 0 aromatic heterocycles. The first-order chi connectivity index (χ1) is 9.11. The second kappa shape index (κ2) is 11.9. The summed E-state index contributed by atoms with van der Waals surface area (Å²) in [5, 5.41) is 11.5. The minimum absolute atomic E-state index is 0.137. The standard InChI is InChI=1S/C13H25NO5/c1-3-4-5-6-7-11(13(16)17)14-12(15)10-19-9-8-18-2/h11H,3-10H2,1-2H3,(H,14,15)(H,16,17)/t11-/m0/s1. The molecule has 1 atom stereocenters. The highest BCUT2D eigenvalue weighted by Crippen LogP contribution is 2.05. The number of methoxy groups -OCH3 is 1. The van der Waals surface area contributed by atoms with Gasteiger partial charge >= 0.3 is 5.97 Å². The zero-order chi connectivity index (χ0) is 14.5. The Morgan fingerprint density at radius 2 is 1.95 bits per heavy atom. The molecule has 112 valence electrons. The molecule has 0 saturated heterocycles. The Balaban J connectivity index is 3.85. The lowest BCUT2D eigenvalue weighted by Crippen LogP contribution is -2.42. The minimum atomic E-state index is -0.998. The summed E-state index contributed by atoms with van der Waals surface area (Å²) in [4.78, 5) is 22.5. The summed E-state index contributed by atoms with van der Waals surface area (Å²) in [6.45, 7) is 2.68. The molecule has 0 saturated carbocycles. The quantitative estimate of drug-likeness (QED) is 0.523. The van der Waals surface area contributed by atoms with E-state index >= 15 is 0 Å². The van der Waals surface area contributed by atoms with Gasteiger partial charge in [-0.2, -0.15) is 0 Å². The summed E-state index contributed by atoms with van der Waals surface area (Å²) in [7, 11) is 1.54. The zero-order valence-corrected chi connectivity index (χ0v) is 11.8. The van der Waals surface area contributed by atoms with Gasteiger partial charge in [-0.25, -0.2) is 4.79 Å². The van der Waals surface area contributed by atoms with E-state index in [1.807, 2.05) is 0 Å². The number of unbranched alkanes of at least 4 members (excludes halogenated alkanes) is 3. The Kier molecular flexibility index (Phi) is 11.2. The Morgan fingerprint density at radius 3 is 2.53 bits per heavy atom. The van der Waals surface area contributed by atoms with Crippen LogP contribution in [0, 0.1) is 0 Å². The van der Waals surface area contributed by atoms with Gasteiger partial charge in [0.2, 0.25) is 5.91 Å². The molecule has 2 N–H and O–H groups in total. The molecule has 0 aromatic rings. The molecule has 0 aliphatic rings. The summed E-state index contributed by atoms with van der Waals surface area (Å²) in [6, 6.07) is -0.824. The van der Waals surface area contributed by atoms with Crippen molar-refractivity contribution >= 4 is 11.9 Å². The molecule has 0 heterocycles. The van der Waals surface area contributed by atoms with Crippen LogP contribution in [0.3, 0.4) is 0 Å². The lowest BCUT2D eigenvalue weighted by Gasteiger charge is -2.14. The summed E-state index contributed by atoms with van der Waals surface area (Å²) < 4.78 is 9.80. The van der Waals surface area contributed by atoms with Crippen molar-refractivity contribution in [2.45, 2.75) is 45.1 Å². The van der Waals surface area contributed by atoms with Crippen LogP contribution in [-0.4, -0.2) is 50.0 Å². The van der Waals surface area contributed by atoms with Gasteiger partial charge in [-0.3, -0.25) is 4.79 Å². The Morgan fingerprint density at radius 1 is 1.21 bits per heavy atom. The molecule has 0 aliphatic carbocycles. The summed E-state index contributed by atoms with van der Waals surface area (Å²) in [5.41, 5.74) is 0. The van der Waals surface area contributed by atoms with Crippen molar-refractivity contribution in [1.82, 2.24) is 5.32 Å². The van der Waals surface area contributed by atoms with Gasteiger partial charge in [-0.05, 0) is 6.42 Å². The third-order valence-electron chi connectivity index (χ3n) is 2.64. The number of carbonyl (C=O) groups is 2. The van der Waals surface area contributed by atoms with Crippen LogP contribution in [0.4, 0.5) is 0 Å². The molecule has 0 aliphatic heterocycles. The number of nitrogens with one attached hydrogen (secondary N) is 1. The van der Waals surface area contributed by atoms with E-state index in [1.54, 1.807) is 7.11 Å². The van der Waals surface area contributed by atoms with Crippen LogP contribution in [0.5, 0.6) is 0 Å². The monoisotopic (exact) mass is 275 g/mol. The SMILES string of the molecule is CCCCCC[C@H](NC(=O)COCCOC)C(=O)O. The molecule has 1 amide bonds. The number of carbonyl (C=O) groups excluding carboxylic acids is 1. The molecule has 0 fully saturated rings. The highest BCUT2D eigenvalue weighted by Gasteiger charge is 2.19. The fourth-order valence-electron chi connectivity index (χ4n) is 1.58. The van der Waals surface area contributed by atoms with Gasteiger partial charge in [0.05, 0.1) is 13.2 Å². The summed E-state index contributed by atoms with van der Waals surface area (Å²) in [5.74, 6) is -1.40. The zero-order valence-electron chi connectivity index (χ0n) is 11.8. The van der Waals surface area contributed by atoms with E-state index in [4.69, 9.17) is 14.6 Å². The Hall–Kier alpha value is -1.14. The number of carboxylic acids is 1. The van der Waals surface area contributed by atoms with E-state index < -0.39 is 17.9 Å². The topological polar surface area (TPSA) is 84.9 Å². The molecule has 6 nitrogen and oxygen atoms in total. The van der Waals surface area contributed by atoms with E-state index in [0.29, 0.717) is 19.6 Å². The van der Waals surface area contributed by atoms with E-state index in [-0.39, 0.29) is 6.61 Å². The summed E-state index contributed by atoms with van der Waals surface area (Å²) in [6.07, 6.45) is 4.42. The Bertz CT molecular complexity index is 257. The number of carboxylic acid groups (broad SMARTS) is 1. The van der Waals surface area contributed by atoms with Gasteiger partial charge in [0, 0.05) is 7.11 Å². The lowest BCUT2D eigenvalue weighted by molar-refractivity contribution is -0.142. The van der Waals surface area contributed by atoms with Crippen molar-refractivity contribution in [2.24, 2.45) is 0 Å². The molecular formula is C13H25NO5. The van der Waals surface area contributed by atoms with Crippen molar-refractivity contribution in [2.75, 3.05) is 26.9 Å². The Labute approximate surface area is 114 Å². The predicted octanol–water partition coefficient (Wildman–Crippen LogP) is 1.19. The van der Waals surface area contributed by atoms with E-state index in [1.165, 1.54) is 0 Å². The van der Waals surface area contributed by atoms with Crippen molar-refractivity contribution in [1.29, 1.82) is 0 Å². The van der Waals surface area contributed by atoms with Crippen molar-refractivity contribution in [3.05, 3.63) is 0 Å². The normalized spacial score (nSPS) is 12.1. The fourth-order valence-corrected chi connectivity index (χ4v) is 1.58. The van der Waals surface area contributed by atoms with Gasteiger partial charge < -0.3 is 19.9 Å². The van der Waals surface area contributed by atoms with Gasteiger partial charge in [0.15, 0.2) is 0 Å². The smallest absolute Gasteiger partial charge is 0.326 e. The van der Waals surface area contributed by atoms with Crippen LogP contribution < -0.4 is 5.32 Å². The maximum atomic E-state index is 11.5. The first-order valence-electron chi connectivity index (χ1n) is 6.70. The van der Waals surface area contributed by atoms with Crippen LogP contribution in [-0.2, 0) is 19.1 Å². The number of rotatable bonds is 12. The third kappa shape index (κ3) is 10.5. The van der Waals surface area contributed by atoms with Crippen molar-refractivity contribution in [3.63, 3.8) is 0 Å². The second-order valence-electron chi connectivity index (χ2n) is 4.35. The van der Waals surface area contributed by atoms with Crippen LogP contribution in [0.2, 0.25) is 0 Å². The first kappa shape index (κ1) is 17.9. The highest BCUT2D eigenvalue weighted by molar-refractivity contribution is 5.84. The van der Waals surface area contributed by atoms with Crippen LogP contribution in [0.25, 0.3) is 0 Å². The average Bonchev–Trinajstić information content (AvgIpc) is 2.38. The maximum absolute atomic E-state index is 11.5.